The summed E-state index contributed by atoms with van der Waals surface area (Å²) in [5.74, 6) is -0.927. The van der Waals surface area contributed by atoms with E-state index in [0.29, 0.717) is 4.90 Å². The van der Waals surface area contributed by atoms with Gasteiger partial charge in [0.2, 0.25) is 0 Å². The Hall–Kier alpha value is -2.82. The van der Waals surface area contributed by atoms with E-state index in [1.54, 1.807) is 6.07 Å². The molecule has 0 heterocycles. The van der Waals surface area contributed by atoms with Crippen LogP contribution in [0.4, 0.5) is 19.7 Å². The Bertz CT molecular complexity index is 526. The molecule has 0 saturated carbocycles. The smallest absolute Gasteiger partial charge is 0.413 e. The van der Waals surface area contributed by atoms with Crippen molar-refractivity contribution in [1.29, 1.82) is 5.26 Å². The second-order valence-corrected chi connectivity index (χ2v) is 3.13. The third kappa shape index (κ3) is 3.08. The van der Waals surface area contributed by atoms with Crippen molar-refractivity contribution in [3.63, 3.8) is 0 Å². The molecule has 0 saturated heterocycles. The molecule has 0 aliphatic rings. The lowest BCUT2D eigenvalue weighted by molar-refractivity contribution is 0.191. The van der Waals surface area contributed by atoms with E-state index in [2.05, 4.69) is 0 Å². The fourth-order valence-electron chi connectivity index (χ4n) is 1.20. The average molecular weight is 253 g/mol. The fourth-order valence-corrected chi connectivity index (χ4v) is 1.20. The number of rotatable bonds is 3. The summed E-state index contributed by atoms with van der Waals surface area (Å²) in [6.45, 7) is -0.618. The Morgan fingerprint density at radius 2 is 2.11 bits per heavy atom. The van der Waals surface area contributed by atoms with Crippen LogP contribution in [0.2, 0.25) is 0 Å². The minimum absolute atomic E-state index is 0.0350. The molecule has 1 rings (SSSR count). The molecule has 0 aliphatic carbocycles. The highest BCUT2D eigenvalue weighted by atomic mass is 19.1. The summed E-state index contributed by atoms with van der Waals surface area (Å²) in [5, 5.41) is 27.6. The maximum Gasteiger partial charge on any atom is 0.413 e. The summed E-state index contributed by atoms with van der Waals surface area (Å²) in [7, 11) is 0. The van der Waals surface area contributed by atoms with Crippen LogP contribution in [0, 0.1) is 17.1 Å². The molecule has 94 valence electrons. The maximum atomic E-state index is 13.5. The first-order chi connectivity index (χ1) is 8.45. The normalized spacial score (nSPS) is 9.33. The van der Waals surface area contributed by atoms with Crippen LogP contribution in [-0.2, 0) is 0 Å². The maximum absolute atomic E-state index is 13.5. The van der Waals surface area contributed by atoms with Crippen LogP contribution < -0.4 is 10.2 Å². The topological polar surface area (TPSA) is 114 Å². The molecule has 2 amide bonds. The summed E-state index contributed by atoms with van der Waals surface area (Å²) in [6, 6.07) is 4.88. The lowest BCUT2D eigenvalue weighted by Gasteiger charge is -2.19. The molecule has 0 fully saturated rings. The predicted molar refractivity (Wildman–Crippen MR) is 57.6 cm³/mol. The van der Waals surface area contributed by atoms with Crippen LogP contribution in [0.25, 0.3) is 0 Å². The number of carbonyl (C=O) groups is 2. The zero-order valence-corrected chi connectivity index (χ0v) is 8.92. The number of amides is 2. The number of nitrogens with zero attached hydrogens (tertiary/aromatic N) is 2. The number of hydrogen-bond donors (Lipinski definition) is 3. The standard InChI is InChI=1S/C10H8FN3O4/c11-7-3-6(4-12)1-2-8(7)14(10(17)18)5-13-9(15)16/h1-3,13H,5H2,(H,15,16)(H,17,18). The number of halogens is 1. The van der Waals surface area contributed by atoms with E-state index in [-0.39, 0.29) is 11.3 Å². The first-order valence-electron chi connectivity index (χ1n) is 4.62. The van der Waals surface area contributed by atoms with Gasteiger partial charge in [-0.3, -0.25) is 4.90 Å². The van der Waals surface area contributed by atoms with E-state index in [9.17, 15) is 14.0 Å². The molecule has 7 nitrogen and oxygen atoms in total. The van der Waals surface area contributed by atoms with Crippen molar-refractivity contribution in [2.24, 2.45) is 0 Å². The van der Waals surface area contributed by atoms with Gasteiger partial charge in [-0.15, -0.1) is 0 Å². The number of nitriles is 1. The molecule has 0 atom stereocenters. The van der Waals surface area contributed by atoms with Gasteiger partial charge < -0.3 is 15.5 Å². The van der Waals surface area contributed by atoms with Gasteiger partial charge in [0.1, 0.15) is 12.5 Å². The molecular weight excluding hydrogens is 245 g/mol. The van der Waals surface area contributed by atoms with E-state index in [1.165, 1.54) is 6.07 Å². The number of anilines is 1. The van der Waals surface area contributed by atoms with Crippen molar-refractivity contribution in [3.05, 3.63) is 29.6 Å². The second-order valence-electron chi connectivity index (χ2n) is 3.13. The van der Waals surface area contributed by atoms with Crippen LogP contribution in [0.3, 0.4) is 0 Å². The molecule has 0 aromatic heterocycles. The van der Waals surface area contributed by atoms with Gasteiger partial charge in [0.05, 0.1) is 17.3 Å². The largest absolute Gasteiger partial charge is 0.465 e. The molecule has 0 unspecified atom stereocenters. The Kier molecular flexibility index (Phi) is 4.04. The third-order valence-corrected chi connectivity index (χ3v) is 1.99. The van der Waals surface area contributed by atoms with Crippen LogP contribution in [0.5, 0.6) is 0 Å². The van der Waals surface area contributed by atoms with E-state index in [4.69, 9.17) is 15.5 Å². The van der Waals surface area contributed by atoms with E-state index >= 15 is 0 Å². The molecule has 0 spiro atoms. The van der Waals surface area contributed by atoms with E-state index < -0.39 is 24.7 Å². The summed E-state index contributed by atoms with van der Waals surface area (Å²) in [5.41, 5.74) is -0.303. The van der Waals surface area contributed by atoms with Crippen molar-refractivity contribution in [3.8, 4) is 6.07 Å². The highest BCUT2D eigenvalue weighted by Gasteiger charge is 2.19. The van der Waals surface area contributed by atoms with E-state index in [0.717, 1.165) is 12.1 Å². The summed E-state index contributed by atoms with van der Waals surface area (Å²) < 4.78 is 13.5. The molecule has 0 bridgehead atoms. The minimum Gasteiger partial charge on any atom is -0.465 e. The first-order valence-corrected chi connectivity index (χ1v) is 4.62. The minimum atomic E-state index is -1.52. The van der Waals surface area contributed by atoms with Crippen LogP contribution in [0.1, 0.15) is 5.56 Å². The molecule has 8 heteroatoms. The zero-order valence-electron chi connectivity index (χ0n) is 8.92. The Balaban J connectivity index is 3.03. The van der Waals surface area contributed by atoms with Gasteiger partial charge in [0.15, 0.2) is 0 Å². The van der Waals surface area contributed by atoms with Crippen LogP contribution in [-0.4, -0.2) is 29.1 Å². The molecule has 3 N–H and O–H groups in total. The summed E-state index contributed by atoms with van der Waals surface area (Å²) in [4.78, 5) is 21.6. The van der Waals surface area contributed by atoms with Gasteiger partial charge in [0, 0.05) is 0 Å². The van der Waals surface area contributed by atoms with Crippen LogP contribution in [0.15, 0.2) is 18.2 Å². The molecular formula is C10H8FN3O4. The molecule has 0 radical (unpaired) electrons. The van der Waals surface area contributed by atoms with Crippen molar-refractivity contribution in [1.82, 2.24) is 5.32 Å². The van der Waals surface area contributed by atoms with Crippen molar-refractivity contribution >= 4 is 17.9 Å². The van der Waals surface area contributed by atoms with Gasteiger partial charge in [-0.05, 0) is 18.2 Å². The SMILES string of the molecule is N#Cc1ccc(N(CNC(=O)O)C(=O)O)c(F)c1. The second kappa shape index (κ2) is 5.49. The number of benzene rings is 1. The molecule has 18 heavy (non-hydrogen) atoms. The Morgan fingerprint density at radius 1 is 1.44 bits per heavy atom. The fraction of sp³-hybridized carbons (Fsp3) is 0.100. The molecule has 1 aromatic rings. The summed E-state index contributed by atoms with van der Waals surface area (Å²) >= 11 is 0. The summed E-state index contributed by atoms with van der Waals surface area (Å²) in [6.07, 6.45) is -2.96. The van der Waals surface area contributed by atoms with Gasteiger partial charge in [-0.2, -0.15) is 5.26 Å². The number of hydrogen-bond acceptors (Lipinski definition) is 3. The van der Waals surface area contributed by atoms with Crippen LogP contribution >= 0.6 is 0 Å². The third-order valence-electron chi connectivity index (χ3n) is 1.99. The lowest BCUT2D eigenvalue weighted by atomic mass is 10.2. The lowest BCUT2D eigenvalue weighted by Crippen LogP contribution is -2.40. The first kappa shape index (κ1) is 13.2. The van der Waals surface area contributed by atoms with Gasteiger partial charge in [-0.1, -0.05) is 0 Å². The zero-order chi connectivity index (χ0) is 13.7. The quantitative estimate of drug-likeness (QED) is 0.704. The number of nitrogens with one attached hydrogen (secondary N) is 1. The van der Waals surface area contributed by atoms with Crippen molar-refractivity contribution < 1.29 is 24.2 Å². The van der Waals surface area contributed by atoms with Gasteiger partial charge in [-0.25, -0.2) is 14.0 Å². The highest BCUT2D eigenvalue weighted by Crippen LogP contribution is 2.20. The highest BCUT2D eigenvalue weighted by molar-refractivity contribution is 5.86. The molecule has 0 aliphatic heterocycles. The molecule has 1 aromatic carbocycles. The predicted octanol–water partition coefficient (Wildman–Crippen LogP) is 1.41. The van der Waals surface area contributed by atoms with Gasteiger partial charge in [0.25, 0.3) is 0 Å². The van der Waals surface area contributed by atoms with E-state index in [1.807, 2.05) is 5.32 Å². The Labute approximate surface area is 101 Å². The Morgan fingerprint density at radius 3 is 2.56 bits per heavy atom. The van der Waals surface area contributed by atoms with Crippen molar-refractivity contribution in [2.45, 2.75) is 0 Å². The number of carboxylic acid groups (broad SMARTS) is 2. The van der Waals surface area contributed by atoms with Gasteiger partial charge >= 0.3 is 12.2 Å². The average Bonchev–Trinajstić information content (AvgIpc) is 2.30. The van der Waals surface area contributed by atoms with Crippen molar-refractivity contribution in [2.75, 3.05) is 11.6 Å². The monoisotopic (exact) mass is 253 g/mol.